The van der Waals surface area contributed by atoms with Crippen LogP contribution in [0.15, 0.2) is 18.3 Å². The van der Waals surface area contributed by atoms with E-state index in [-0.39, 0.29) is 42.9 Å². The van der Waals surface area contributed by atoms with E-state index in [0.717, 1.165) is 18.7 Å². The lowest BCUT2D eigenvalue weighted by molar-refractivity contribution is -0.137. The first-order valence-electron chi connectivity index (χ1n) is 10.7. The molecule has 0 spiro atoms. The van der Waals surface area contributed by atoms with Gasteiger partial charge in [-0.1, -0.05) is 13.8 Å². The average Bonchev–Trinajstić information content (AvgIpc) is 3.06. The molecule has 3 fully saturated rings. The van der Waals surface area contributed by atoms with Crippen molar-refractivity contribution in [3.8, 4) is 0 Å². The van der Waals surface area contributed by atoms with Crippen molar-refractivity contribution in [1.29, 1.82) is 0 Å². The second kappa shape index (κ2) is 7.66. The van der Waals surface area contributed by atoms with Crippen LogP contribution >= 0.6 is 0 Å². The van der Waals surface area contributed by atoms with Crippen molar-refractivity contribution in [2.45, 2.75) is 45.3 Å². The summed E-state index contributed by atoms with van der Waals surface area (Å²) in [5.41, 5.74) is -2.15. The van der Waals surface area contributed by atoms with Crippen molar-refractivity contribution in [2.24, 2.45) is 16.7 Å². The maximum Gasteiger partial charge on any atom is 0.417 e. The number of aromatic nitrogens is 1. The highest BCUT2D eigenvalue weighted by Crippen LogP contribution is 2.64. The fraction of sp³-hybridized carbons (Fsp3) is 0.714. The van der Waals surface area contributed by atoms with Gasteiger partial charge in [-0.15, -0.1) is 0 Å². The molecule has 1 aromatic heterocycles. The molecule has 1 aliphatic heterocycles. The van der Waals surface area contributed by atoms with E-state index in [1.165, 1.54) is 10.4 Å². The Morgan fingerprint density at radius 3 is 2.47 bits per heavy atom. The smallest absolute Gasteiger partial charge is 0.395 e. The van der Waals surface area contributed by atoms with Gasteiger partial charge in [0.25, 0.3) is 0 Å². The fourth-order valence-electron chi connectivity index (χ4n) is 5.80. The molecular formula is C21H28F3N3O4S. The molecule has 3 aliphatic rings. The zero-order valence-corrected chi connectivity index (χ0v) is 18.9. The Morgan fingerprint density at radius 1 is 1.25 bits per heavy atom. The molecule has 2 bridgehead atoms. The number of aliphatic hydroxyl groups is 1. The summed E-state index contributed by atoms with van der Waals surface area (Å²) < 4.78 is 66.5. The maximum atomic E-state index is 13.4. The Morgan fingerprint density at radius 2 is 1.97 bits per heavy atom. The number of hydrogen-bond donors (Lipinski definition) is 1. The normalized spacial score (nSPS) is 30.8. The number of pyridine rings is 1. The standard InChI is InChI=1S/C21H28F3N3O4S/c1-19(2)14-5-6-20(19,17(29)9-14)13-32(30,31)27-8-7-26(11-16(27)12-28)18-4-3-15(10-25-18)21(22,23)24/h3-4,10,14,16,28H,5-9,11-13H2,1-2H3. The highest BCUT2D eigenvalue weighted by Gasteiger charge is 2.65. The van der Waals surface area contributed by atoms with Gasteiger partial charge >= 0.3 is 6.18 Å². The lowest BCUT2D eigenvalue weighted by Crippen LogP contribution is -2.59. The third-order valence-corrected chi connectivity index (χ3v) is 10.0. The molecule has 11 heteroatoms. The van der Waals surface area contributed by atoms with Gasteiger partial charge in [-0.3, -0.25) is 4.79 Å². The lowest BCUT2D eigenvalue weighted by Gasteiger charge is -2.43. The van der Waals surface area contributed by atoms with Crippen molar-refractivity contribution in [2.75, 3.05) is 36.9 Å². The van der Waals surface area contributed by atoms with Crippen LogP contribution < -0.4 is 4.90 Å². The lowest BCUT2D eigenvalue weighted by atomic mass is 9.70. The third-order valence-electron chi connectivity index (χ3n) is 7.96. The summed E-state index contributed by atoms with van der Waals surface area (Å²) in [5, 5.41) is 9.92. The average molecular weight is 476 g/mol. The van der Waals surface area contributed by atoms with Crippen LogP contribution in [0.5, 0.6) is 0 Å². The van der Waals surface area contributed by atoms with Crippen molar-refractivity contribution in [3.05, 3.63) is 23.9 Å². The number of anilines is 1. The molecule has 1 aromatic rings. The molecule has 1 saturated heterocycles. The molecule has 7 nitrogen and oxygen atoms in total. The summed E-state index contributed by atoms with van der Waals surface area (Å²) in [6, 6.07) is 1.41. The van der Waals surface area contributed by atoms with E-state index in [9.17, 15) is 31.5 Å². The van der Waals surface area contributed by atoms with E-state index in [0.29, 0.717) is 12.8 Å². The summed E-state index contributed by atoms with van der Waals surface area (Å²) in [6.45, 7) is 3.89. The van der Waals surface area contributed by atoms with Crippen molar-refractivity contribution in [3.63, 3.8) is 0 Å². The number of Topliss-reactive ketones (excluding diaryl/α,β-unsaturated/α-hetero) is 1. The number of aliphatic hydroxyl groups excluding tert-OH is 1. The number of halogens is 3. The summed E-state index contributed by atoms with van der Waals surface area (Å²) in [6.07, 6.45) is -1.93. The quantitative estimate of drug-likeness (QED) is 0.703. The monoisotopic (exact) mass is 475 g/mol. The summed E-state index contributed by atoms with van der Waals surface area (Å²) in [5.74, 6) is 0.229. The van der Waals surface area contributed by atoms with E-state index in [2.05, 4.69) is 4.98 Å². The van der Waals surface area contributed by atoms with Gasteiger partial charge < -0.3 is 10.0 Å². The Kier molecular flexibility index (Phi) is 5.61. The summed E-state index contributed by atoms with van der Waals surface area (Å²) in [7, 11) is -3.85. The van der Waals surface area contributed by atoms with E-state index in [1.54, 1.807) is 4.90 Å². The van der Waals surface area contributed by atoms with Gasteiger partial charge in [-0.2, -0.15) is 17.5 Å². The molecule has 2 heterocycles. The van der Waals surface area contributed by atoms with Gasteiger partial charge in [0, 0.05) is 37.7 Å². The van der Waals surface area contributed by atoms with Gasteiger partial charge in [-0.05, 0) is 36.3 Å². The van der Waals surface area contributed by atoms with E-state index < -0.39 is 45.2 Å². The molecule has 2 saturated carbocycles. The van der Waals surface area contributed by atoms with Crippen LogP contribution in [0.1, 0.15) is 38.7 Å². The minimum Gasteiger partial charge on any atom is -0.395 e. The summed E-state index contributed by atoms with van der Waals surface area (Å²) in [4.78, 5) is 18.3. The maximum absolute atomic E-state index is 13.4. The Labute approximate surface area is 185 Å². The second-order valence-electron chi connectivity index (χ2n) is 9.72. The van der Waals surface area contributed by atoms with Gasteiger partial charge in [0.1, 0.15) is 11.6 Å². The van der Waals surface area contributed by atoms with Crippen LogP contribution in [-0.2, 0) is 21.0 Å². The number of alkyl halides is 3. The molecule has 4 rings (SSSR count). The number of rotatable bonds is 5. The number of carbonyl (C=O) groups excluding carboxylic acids is 1. The number of sulfonamides is 1. The number of hydrogen-bond acceptors (Lipinski definition) is 6. The van der Waals surface area contributed by atoms with Gasteiger partial charge in [-0.25, -0.2) is 13.4 Å². The predicted octanol–water partition coefficient (Wildman–Crippen LogP) is 2.31. The largest absolute Gasteiger partial charge is 0.417 e. The number of nitrogens with zero attached hydrogens (tertiary/aromatic N) is 3. The highest BCUT2D eigenvalue weighted by atomic mass is 32.2. The zero-order valence-electron chi connectivity index (χ0n) is 18.1. The van der Waals surface area contributed by atoms with Crippen LogP contribution in [0.25, 0.3) is 0 Å². The number of piperazine rings is 1. The minimum atomic E-state index is -4.49. The molecule has 1 N–H and O–H groups in total. The molecular weight excluding hydrogens is 447 g/mol. The number of fused-ring (bicyclic) bond motifs is 2. The summed E-state index contributed by atoms with van der Waals surface area (Å²) >= 11 is 0. The first-order valence-corrected chi connectivity index (χ1v) is 12.3. The van der Waals surface area contributed by atoms with Crippen LogP contribution in [0.2, 0.25) is 0 Å². The molecule has 2 aliphatic carbocycles. The molecule has 178 valence electrons. The second-order valence-corrected chi connectivity index (χ2v) is 11.6. The molecule has 3 atom stereocenters. The van der Waals surface area contributed by atoms with E-state index in [4.69, 9.17) is 0 Å². The van der Waals surface area contributed by atoms with Gasteiger partial charge in [0.2, 0.25) is 10.0 Å². The van der Waals surface area contributed by atoms with Crippen molar-refractivity contribution >= 4 is 21.6 Å². The fourth-order valence-corrected chi connectivity index (χ4v) is 8.22. The molecule has 0 radical (unpaired) electrons. The first kappa shape index (κ1) is 23.4. The van der Waals surface area contributed by atoms with Gasteiger partial charge in [0.05, 0.1) is 24.0 Å². The minimum absolute atomic E-state index is 0.00969. The van der Waals surface area contributed by atoms with Crippen LogP contribution in [0, 0.1) is 16.7 Å². The van der Waals surface area contributed by atoms with Crippen LogP contribution in [0.4, 0.5) is 19.0 Å². The first-order chi connectivity index (χ1) is 14.8. The zero-order chi connectivity index (χ0) is 23.5. The molecule has 0 amide bonds. The van der Waals surface area contributed by atoms with E-state index in [1.807, 2.05) is 13.8 Å². The van der Waals surface area contributed by atoms with Crippen LogP contribution in [0.3, 0.4) is 0 Å². The number of carbonyl (C=O) groups is 1. The topological polar surface area (TPSA) is 90.8 Å². The Hall–Kier alpha value is -1.72. The molecule has 32 heavy (non-hydrogen) atoms. The molecule has 0 aromatic carbocycles. The SMILES string of the molecule is CC1(C)C2CCC1(CS(=O)(=O)N1CCN(c3ccc(C(F)(F)F)cn3)CC1CO)C(=O)C2. The van der Waals surface area contributed by atoms with Crippen molar-refractivity contribution in [1.82, 2.24) is 9.29 Å². The highest BCUT2D eigenvalue weighted by molar-refractivity contribution is 7.89. The van der Waals surface area contributed by atoms with Crippen molar-refractivity contribution < 1.29 is 31.5 Å². The van der Waals surface area contributed by atoms with E-state index >= 15 is 0 Å². The Balaban J connectivity index is 1.51. The Bertz CT molecular complexity index is 997. The predicted molar refractivity (Wildman–Crippen MR) is 111 cm³/mol. The van der Waals surface area contributed by atoms with Crippen LogP contribution in [-0.4, -0.2) is 66.6 Å². The molecule has 3 unspecified atom stereocenters. The number of ketones is 1. The van der Waals surface area contributed by atoms with Gasteiger partial charge in [0.15, 0.2) is 0 Å². The third kappa shape index (κ3) is 3.62.